The molecule has 3 heteroatoms. The van der Waals surface area contributed by atoms with E-state index in [1.165, 1.54) is 16.7 Å². The Hall–Kier alpha value is -1.35. The Kier molecular flexibility index (Phi) is 5.16. The van der Waals surface area contributed by atoms with Gasteiger partial charge in [0.1, 0.15) is 0 Å². The average Bonchev–Trinajstić information content (AvgIpc) is 2.30. The van der Waals surface area contributed by atoms with Crippen molar-refractivity contribution in [1.82, 2.24) is 10.6 Å². The molecule has 0 amide bonds. The topological polar surface area (TPSA) is 24.1 Å². The summed E-state index contributed by atoms with van der Waals surface area (Å²) < 4.78 is 0. The fraction of sp³-hybridized carbons (Fsp3) is 0.357. The molecule has 92 valence electrons. The summed E-state index contributed by atoms with van der Waals surface area (Å²) in [4.78, 5) is 0. The Bertz CT molecular complexity index is 413. The second-order valence-corrected chi connectivity index (χ2v) is 4.62. The number of hydrogen-bond donors (Lipinski definition) is 2. The molecule has 0 heterocycles. The molecule has 17 heavy (non-hydrogen) atoms. The highest BCUT2D eigenvalue weighted by Gasteiger charge is 2.07. The van der Waals surface area contributed by atoms with Crippen molar-refractivity contribution in [1.29, 1.82) is 0 Å². The molecule has 2 N–H and O–H groups in total. The normalized spacial score (nSPS) is 11.7. The van der Waals surface area contributed by atoms with E-state index in [1.807, 2.05) is 0 Å². The van der Waals surface area contributed by atoms with Crippen LogP contribution >= 0.6 is 12.2 Å². The first-order chi connectivity index (χ1) is 8.04. The molecule has 1 aromatic carbocycles. The lowest BCUT2D eigenvalue weighted by molar-refractivity contribution is 0.704. The fourth-order valence-corrected chi connectivity index (χ4v) is 1.79. The predicted octanol–water partition coefficient (Wildman–Crippen LogP) is 3.01. The average molecular weight is 248 g/mol. The van der Waals surface area contributed by atoms with Crippen LogP contribution in [0.3, 0.4) is 0 Å². The molecular weight excluding hydrogens is 228 g/mol. The van der Waals surface area contributed by atoms with E-state index in [0.29, 0.717) is 11.7 Å². The Labute approximate surface area is 109 Å². The largest absolute Gasteiger partial charge is 0.359 e. The van der Waals surface area contributed by atoms with Gasteiger partial charge in [-0.3, -0.25) is 0 Å². The lowest BCUT2D eigenvalue weighted by atomic mass is 10.0. The summed E-state index contributed by atoms with van der Waals surface area (Å²) in [6.07, 6.45) is 1.79. The molecule has 0 radical (unpaired) electrons. The molecule has 2 nitrogen and oxygen atoms in total. The molecule has 0 aliphatic heterocycles. The molecule has 1 atom stereocenters. The van der Waals surface area contributed by atoms with Crippen LogP contribution in [0.2, 0.25) is 0 Å². The minimum atomic E-state index is 0.208. The van der Waals surface area contributed by atoms with Crippen LogP contribution in [0.15, 0.2) is 30.9 Å². The maximum Gasteiger partial charge on any atom is 0.167 e. The van der Waals surface area contributed by atoms with Gasteiger partial charge in [0.05, 0.1) is 6.04 Å². The minimum absolute atomic E-state index is 0.208. The van der Waals surface area contributed by atoms with Crippen LogP contribution in [0.1, 0.15) is 29.7 Å². The van der Waals surface area contributed by atoms with Gasteiger partial charge in [-0.25, -0.2) is 0 Å². The van der Waals surface area contributed by atoms with Crippen LogP contribution in [-0.2, 0) is 0 Å². The van der Waals surface area contributed by atoms with Gasteiger partial charge >= 0.3 is 0 Å². The Morgan fingerprint density at radius 2 is 2.12 bits per heavy atom. The molecule has 1 unspecified atom stereocenters. The summed E-state index contributed by atoms with van der Waals surface area (Å²) in [7, 11) is 0. The van der Waals surface area contributed by atoms with Gasteiger partial charge in [0.25, 0.3) is 0 Å². The molecule has 0 spiro atoms. The number of benzene rings is 1. The molecule has 0 aromatic heterocycles. The van der Waals surface area contributed by atoms with Crippen molar-refractivity contribution < 1.29 is 0 Å². The van der Waals surface area contributed by atoms with Crippen molar-refractivity contribution in [2.24, 2.45) is 0 Å². The number of hydrogen-bond acceptors (Lipinski definition) is 1. The summed E-state index contributed by atoms with van der Waals surface area (Å²) in [5.74, 6) is 0. The standard InChI is InChI=1S/C14H20N2S/c1-5-8-15-14(17)16-12(4)13-7-6-10(2)11(3)9-13/h5-7,9,12H,1,8H2,2-4H3,(H2,15,16,17). The van der Waals surface area contributed by atoms with E-state index in [2.05, 4.69) is 56.2 Å². The van der Waals surface area contributed by atoms with E-state index in [0.717, 1.165) is 0 Å². The van der Waals surface area contributed by atoms with Crippen LogP contribution in [0.4, 0.5) is 0 Å². The van der Waals surface area contributed by atoms with E-state index in [9.17, 15) is 0 Å². The summed E-state index contributed by atoms with van der Waals surface area (Å²) in [5, 5.41) is 6.97. The minimum Gasteiger partial charge on any atom is -0.359 e. The molecule has 0 saturated carbocycles. The maximum atomic E-state index is 5.18. The van der Waals surface area contributed by atoms with Crippen molar-refractivity contribution in [2.75, 3.05) is 6.54 Å². The highest BCUT2D eigenvalue weighted by Crippen LogP contribution is 2.16. The first-order valence-electron chi connectivity index (χ1n) is 5.77. The summed E-state index contributed by atoms with van der Waals surface area (Å²) >= 11 is 5.18. The van der Waals surface area contributed by atoms with Gasteiger partial charge in [0.15, 0.2) is 5.11 Å². The van der Waals surface area contributed by atoms with Crippen LogP contribution in [0, 0.1) is 13.8 Å². The van der Waals surface area contributed by atoms with Crippen molar-refractivity contribution >= 4 is 17.3 Å². The number of aryl methyl sites for hydroxylation is 2. The number of rotatable bonds is 4. The van der Waals surface area contributed by atoms with Crippen molar-refractivity contribution in [3.63, 3.8) is 0 Å². The predicted molar refractivity (Wildman–Crippen MR) is 78.3 cm³/mol. The molecular formula is C14H20N2S. The third-order valence-electron chi connectivity index (χ3n) is 2.79. The summed E-state index contributed by atoms with van der Waals surface area (Å²) in [6, 6.07) is 6.68. The van der Waals surface area contributed by atoms with Crippen LogP contribution < -0.4 is 10.6 Å². The van der Waals surface area contributed by atoms with Crippen LogP contribution in [0.25, 0.3) is 0 Å². The molecule has 0 bridgehead atoms. The first kappa shape index (κ1) is 13.7. The van der Waals surface area contributed by atoms with Gasteiger partial charge in [0, 0.05) is 6.54 Å². The zero-order chi connectivity index (χ0) is 12.8. The highest BCUT2D eigenvalue weighted by atomic mass is 32.1. The molecule has 0 saturated heterocycles. The van der Waals surface area contributed by atoms with Crippen molar-refractivity contribution in [2.45, 2.75) is 26.8 Å². The highest BCUT2D eigenvalue weighted by molar-refractivity contribution is 7.80. The van der Waals surface area contributed by atoms with Gasteiger partial charge < -0.3 is 10.6 Å². The molecule has 1 rings (SSSR count). The summed E-state index contributed by atoms with van der Waals surface area (Å²) in [6.45, 7) is 10.7. The Morgan fingerprint density at radius 3 is 2.71 bits per heavy atom. The second-order valence-electron chi connectivity index (χ2n) is 4.21. The van der Waals surface area contributed by atoms with Crippen LogP contribution in [0.5, 0.6) is 0 Å². The fourth-order valence-electron chi connectivity index (χ4n) is 1.53. The molecule has 0 aliphatic rings. The number of nitrogens with one attached hydrogen (secondary N) is 2. The van der Waals surface area contributed by atoms with E-state index < -0.39 is 0 Å². The van der Waals surface area contributed by atoms with Gasteiger partial charge in [-0.2, -0.15) is 0 Å². The SMILES string of the molecule is C=CCNC(=S)NC(C)c1ccc(C)c(C)c1. The van der Waals surface area contributed by atoms with E-state index in [1.54, 1.807) is 6.08 Å². The zero-order valence-corrected chi connectivity index (χ0v) is 11.5. The molecule has 0 fully saturated rings. The maximum absolute atomic E-state index is 5.18. The summed E-state index contributed by atoms with van der Waals surface area (Å²) in [5.41, 5.74) is 3.87. The van der Waals surface area contributed by atoms with Crippen molar-refractivity contribution in [3.05, 3.63) is 47.5 Å². The van der Waals surface area contributed by atoms with Gasteiger partial charge in [-0.05, 0) is 49.7 Å². The Balaban J connectivity index is 2.63. The lowest BCUT2D eigenvalue weighted by Crippen LogP contribution is -2.36. The van der Waals surface area contributed by atoms with Gasteiger partial charge in [-0.1, -0.05) is 24.3 Å². The van der Waals surface area contributed by atoms with Crippen LogP contribution in [-0.4, -0.2) is 11.7 Å². The van der Waals surface area contributed by atoms with Gasteiger partial charge in [-0.15, -0.1) is 6.58 Å². The van der Waals surface area contributed by atoms with E-state index >= 15 is 0 Å². The second kappa shape index (κ2) is 6.40. The lowest BCUT2D eigenvalue weighted by Gasteiger charge is -2.17. The molecule has 1 aromatic rings. The number of thiocarbonyl (C=S) groups is 1. The third kappa shape index (κ3) is 4.19. The zero-order valence-electron chi connectivity index (χ0n) is 10.7. The van der Waals surface area contributed by atoms with Crippen molar-refractivity contribution in [3.8, 4) is 0 Å². The monoisotopic (exact) mass is 248 g/mol. The molecule has 0 aliphatic carbocycles. The quantitative estimate of drug-likeness (QED) is 0.632. The first-order valence-corrected chi connectivity index (χ1v) is 6.18. The van der Waals surface area contributed by atoms with Gasteiger partial charge in [0.2, 0.25) is 0 Å². The Morgan fingerprint density at radius 1 is 1.41 bits per heavy atom. The van der Waals surface area contributed by atoms with E-state index in [4.69, 9.17) is 12.2 Å². The smallest absolute Gasteiger partial charge is 0.167 e. The van der Waals surface area contributed by atoms with E-state index in [-0.39, 0.29) is 6.04 Å². The third-order valence-corrected chi connectivity index (χ3v) is 3.05.